The van der Waals surface area contributed by atoms with Crippen LogP contribution < -0.4 is 5.32 Å². The van der Waals surface area contributed by atoms with Crippen LogP contribution in [-0.4, -0.2) is 22.4 Å². The maximum absolute atomic E-state index is 12.3. The van der Waals surface area contributed by atoms with Crippen molar-refractivity contribution in [3.8, 4) is 0 Å². The van der Waals surface area contributed by atoms with Crippen LogP contribution in [0.25, 0.3) is 11.0 Å². The third kappa shape index (κ3) is 4.61. The molecule has 0 aliphatic rings. The summed E-state index contributed by atoms with van der Waals surface area (Å²) in [5.41, 5.74) is 3.94. The fraction of sp³-hybridized carbons (Fsp3) is 0.130. The molecule has 3 aromatic carbocycles. The number of nitrogens with zero attached hydrogens (tertiary/aromatic N) is 1. The van der Waals surface area contributed by atoms with Crippen LogP contribution in [0, 0.1) is 0 Å². The normalized spacial score (nSPS) is 10.9. The second-order valence-electron chi connectivity index (χ2n) is 6.51. The van der Waals surface area contributed by atoms with E-state index in [0.717, 1.165) is 27.5 Å². The van der Waals surface area contributed by atoms with Crippen LogP contribution in [0.3, 0.4) is 0 Å². The summed E-state index contributed by atoms with van der Waals surface area (Å²) in [6.45, 7) is 0.545. The number of fused-ring (bicyclic) bond motifs is 1. The second-order valence-corrected chi connectivity index (χ2v) is 7.55. The van der Waals surface area contributed by atoms with Crippen LogP contribution in [0.4, 0.5) is 0 Å². The minimum Gasteiger partial charge on any atom is -0.352 e. The van der Waals surface area contributed by atoms with Gasteiger partial charge in [0.1, 0.15) is 5.82 Å². The van der Waals surface area contributed by atoms with Crippen molar-refractivity contribution in [1.82, 2.24) is 15.3 Å². The number of nitrogens with one attached hydrogen (secondary N) is 2. The lowest BCUT2D eigenvalue weighted by Gasteiger charge is -2.06. The highest BCUT2D eigenvalue weighted by Crippen LogP contribution is 2.23. The number of rotatable bonds is 7. The monoisotopic (exact) mass is 387 g/mol. The van der Waals surface area contributed by atoms with E-state index in [1.165, 1.54) is 5.56 Å². The fourth-order valence-electron chi connectivity index (χ4n) is 2.96. The number of hydrogen-bond acceptors (Lipinski definition) is 3. The highest BCUT2D eigenvalue weighted by molar-refractivity contribution is 7.98. The van der Waals surface area contributed by atoms with E-state index in [0.29, 0.717) is 18.5 Å². The Hall–Kier alpha value is -3.05. The number of aromatic nitrogens is 2. The molecule has 0 aliphatic carbocycles. The van der Waals surface area contributed by atoms with Gasteiger partial charge in [-0.3, -0.25) is 4.79 Å². The van der Waals surface area contributed by atoms with Gasteiger partial charge in [0.05, 0.1) is 11.0 Å². The number of benzene rings is 3. The number of carbonyl (C=O) groups is 1. The van der Waals surface area contributed by atoms with Crippen LogP contribution in [0.5, 0.6) is 0 Å². The smallest absolute Gasteiger partial charge is 0.251 e. The van der Waals surface area contributed by atoms with Crippen molar-refractivity contribution in [3.05, 3.63) is 95.8 Å². The lowest BCUT2D eigenvalue weighted by molar-refractivity contribution is 0.0954. The summed E-state index contributed by atoms with van der Waals surface area (Å²) in [5.74, 6) is 1.74. The predicted molar refractivity (Wildman–Crippen MR) is 115 cm³/mol. The van der Waals surface area contributed by atoms with E-state index in [9.17, 15) is 4.79 Å². The lowest BCUT2D eigenvalue weighted by atomic mass is 10.2. The summed E-state index contributed by atoms with van der Waals surface area (Å²) in [4.78, 5) is 21.3. The van der Waals surface area contributed by atoms with E-state index in [4.69, 9.17) is 0 Å². The molecule has 0 unspecified atom stereocenters. The molecule has 0 saturated heterocycles. The van der Waals surface area contributed by atoms with E-state index in [1.807, 2.05) is 54.6 Å². The molecule has 140 valence electrons. The van der Waals surface area contributed by atoms with Gasteiger partial charge >= 0.3 is 0 Å². The van der Waals surface area contributed by atoms with Gasteiger partial charge in [0, 0.05) is 29.2 Å². The molecule has 0 saturated carbocycles. The van der Waals surface area contributed by atoms with Crippen LogP contribution in [0.1, 0.15) is 21.7 Å². The van der Waals surface area contributed by atoms with Gasteiger partial charge in [-0.1, -0.05) is 42.5 Å². The summed E-state index contributed by atoms with van der Waals surface area (Å²) in [6, 6.07) is 26.1. The molecule has 0 aliphatic heterocycles. The average molecular weight is 388 g/mol. The molecule has 4 aromatic rings. The summed E-state index contributed by atoms with van der Waals surface area (Å²) >= 11 is 1.77. The molecule has 1 amide bonds. The van der Waals surface area contributed by atoms with Gasteiger partial charge in [-0.2, -0.15) is 0 Å². The van der Waals surface area contributed by atoms with Crippen molar-refractivity contribution in [2.75, 3.05) is 6.54 Å². The fourth-order valence-corrected chi connectivity index (χ4v) is 3.82. The number of aromatic amines is 1. The molecule has 2 N–H and O–H groups in total. The Bertz CT molecular complexity index is 1030. The molecule has 4 nitrogen and oxygen atoms in total. The van der Waals surface area contributed by atoms with Crippen molar-refractivity contribution in [2.45, 2.75) is 17.1 Å². The molecular weight excluding hydrogens is 366 g/mol. The molecule has 5 heteroatoms. The van der Waals surface area contributed by atoms with Gasteiger partial charge < -0.3 is 10.3 Å². The lowest BCUT2D eigenvalue weighted by Crippen LogP contribution is -2.25. The van der Waals surface area contributed by atoms with Crippen LogP contribution in [0.2, 0.25) is 0 Å². The number of carbonyl (C=O) groups excluding carboxylic acids is 1. The van der Waals surface area contributed by atoms with Gasteiger partial charge in [0.25, 0.3) is 5.91 Å². The van der Waals surface area contributed by atoms with Gasteiger partial charge in [-0.25, -0.2) is 4.98 Å². The zero-order valence-electron chi connectivity index (χ0n) is 15.4. The largest absolute Gasteiger partial charge is 0.352 e. The molecule has 1 aromatic heterocycles. The van der Waals surface area contributed by atoms with E-state index in [2.05, 4.69) is 39.6 Å². The number of para-hydroxylation sites is 2. The molecule has 0 atom stereocenters. The number of thioether (sulfide) groups is 1. The SMILES string of the molecule is O=C(NCCc1nc2ccccc2[nH]1)c1ccc(SCc2ccccc2)cc1. The van der Waals surface area contributed by atoms with Crippen molar-refractivity contribution >= 4 is 28.7 Å². The molecule has 0 bridgehead atoms. The van der Waals surface area contributed by atoms with E-state index >= 15 is 0 Å². The Kier molecular flexibility index (Phi) is 5.73. The molecule has 0 spiro atoms. The quantitative estimate of drug-likeness (QED) is 0.447. The van der Waals surface area contributed by atoms with Gasteiger partial charge in [0.15, 0.2) is 0 Å². The third-order valence-corrected chi connectivity index (χ3v) is 5.53. The molecule has 0 radical (unpaired) electrons. The highest BCUT2D eigenvalue weighted by Gasteiger charge is 2.07. The molecule has 1 heterocycles. The maximum Gasteiger partial charge on any atom is 0.251 e. The van der Waals surface area contributed by atoms with Crippen molar-refractivity contribution < 1.29 is 4.79 Å². The summed E-state index contributed by atoms with van der Waals surface area (Å²) in [5, 5.41) is 2.96. The molecule has 0 fully saturated rings. The summed E-state index contributed by atoms with van der Waals surface area (Å²) < 4.78 is 0. The third-order valence-electron chi connectivity index (χ3n) is 4.45. The summed E-state index contributed by atoms with van der Waals surface area (Å²) in [7, 11) is 0. The Morgan fingerprint density at radius 3 is 2.46 bits per heavy atom. The first-order valence-electron chi connectivity index (χ1n) is 9.26. The van der Waals surface area contributed by atoms with Gasteiger partial charge in [0.2, 0.25) is 0 Å². The average Bonchev–Trinajstić information content (AvgIpc) is 3.16. The van der Waals surface area contributed by atoms with Crippen LogP contribution in [-0.2, 0) is 12.2 Å². The topological polar surface area (TPSA) is 57.8 Å². The minimum absolute atomic E-state index is 0.0595. The minimum atomic E-state index is -0.0595. The first-order chi connectivity index (χ1) is 13.8. The number of amides is 1. The maximum atomic E-state index is 12.3. The molecular formula is C23H21N3OS. The highest BCUT2D eigenvalue weighted by atomic mass is 32.2. The van der Waals surface area contributed by atoms with Crippen molar-refractivity contribution in [1.29, 1.82) is 0 Å². The molecule has 4 rings (SSSR count). The zero-order chi connectivity index (χ0) is 19.2. The molecule has 28 heavy (non-hydrogen) atoms. The van der Waals surface area contributed by atoms with E-state index < -0.39 is 0 Å². The van der Waals surface area contributed by atoms with E-state index in [1.54, 1.807) is 11.8 Å². The Morgan fingerprint density at radius 1 is 0.929 bits per heavy atom. The van der Waals surface area contributed by atoms with Crippen molar-refractivity contribution in [3.63, 3.8) is 0 Å². The van der Waals surface area contributed by atoms with Gasteiger partial charge in [-0.15, -0.1) is 11.8 Å². The summed E-state index contributed by atoms with van der Waals surface area (Å²) in [6.07, 6.45) is 0.672. The first kappa shape index (κ1) is 18.3. The van der Waals surface area contributed by atoms with E-state index in [-0.39, 0.29) is 5.91 Å². The number of H-pyrrole nitrogens is 1. The van der Waals surface area contributed by atoms with Crippen LogP contribution >= 0.6 is 11.8 Å². The van der Waals surface area contributed by atoms with Gasteiger partial charge in [-0.05, 0) is 42.0 Å². The zero-order valence-corrected chi connectivity index (χ0v) is 16.2. The Balaban J connectivity index is 1.27. The first-order valence-corrected chi connectivity index (χ1v) is 10.2. The standard InChI is InChI=1S/C23H21N3OS/c27-23(24-15-14-22-25-20-8-4-5-9-21(20)26-22)18-10-12-19(13-11-18)28-16-17-6-2-1-3-7-17/h1-13H,14-16H2,(H,24,27)(H,25,26). The second kappa shape index (κ2) is 8.76. The number of imidazole rings is 1. The van der Waals surface area contributed by atoms with Crippen LogP contribution in [0.15, 0.2) is 83.8 Å². The Labute approximate surface area is 168 Å². The van der Waals surface area contributed by atoms with Crippen molar-refractivity contribution in [2.24, 2.45) is 0 Å². The Morgan fingerprint density at radius 2 is 1.68 bits per heavy atom. The predicted octanol–water partition coefficient (Wildman–Crippen LogP) is 4.83. The number of hydrogen-bond donors (Lipinski definition) is 2.